The van der Waals surface area contributed by atoms with Crippen LogP contribution in [0.5, 0.6) is 0 Å². The van der Waals surface area contributed by atoms with Crippen LogP contribution in [0.2, 0.25) is 0 Å². The first-order valence-corrected chi connectivity index (χ1v) is 6.81. The van der Waals surface area contributed by atoms with Crippen molar-refractivity contribution in [3.8, 4) is 0 Å². The molecule has 0 bridgehead atoms. The van der Waals surface area contributed by atoms with Crippen LogP contribution in [0.25, 0.3) is 0 Å². The number of carbonyl (C=O) groups excluding carboxylic acids is 1. The molecular formula is C13H15BrN4O. The van der Waals surface area contributed by atoms with Gasteiger partial charge in [-0.15, -0.1) is 0 Å². The number of aromatic nitrogens is 3. The Hall–Kier alpha value is -1.69. The molecule has 0 fully saturated rings. The van der Waals surface area contributed by atoms with Gasteiger partial charge in [0.2, 0.25) is 0 Å². The van der Waals surface area contributed by atoms with Crippen LogP contribution in [0, 0.1) is 0 Å². The third-order valence-corrected chi connectivity index (χ3v) is 3.53. The Morgan fingerprint density at radius 2 is 2.16 bits per heavy atom. The van der Waals surface area contributed by atoms with E-state index in [2.05, 4.69) is 31.3 Å². The van der Waals surface area contributed by atoms with E-state index in [0.717, 1.165) is 16.6 Å². The van der Waals surface area contributed by atoms with Crippen LogP contribution in [0.1, 0.15) is 35.4 Å². The minimum atomic E-state index is -0.109. The van der Waals surface area contributed by atoms with Crippen molar-refractivity contribution in [3.63, 3.8) is 0 Å². The number of rotatable bonds is 4. The molecule has 19 heavy (non-hydrogen) atoms. The molecule has 1 N–H and O–H groups in total. The van der Waals surface area contributed by atoms with Gasteiger partial charge in [-0.05, 0) is 34.5 Å². The number of pyridine rings is 1. The molecule has 2 rings (SSSR count). The highest BCUT2D eigenvalue weighted by Gasteiger charge is 2.19. The molecule has 0 saturated heterocycles. The summed E-state index contributed by atoms with van der Waals surface area (Å²) in [4.78, 5) is 16.1. The molecule has 1 amide bonds. The number of nitrogens with one attached hydrogen (secondary N) is 1. The lowest BCUT2D eigenvalue weighted by molar-refractivity contribution is 0.0933. The Labute approximate surface area is 120 Å². The highest BCUT2D eigenvalue weighted by molar-refractivity contribution is 9.10. The lowest BCUT2D eigenvalue weighted by atomic mass is 10.1. The van der Waals surface area contributed by atoms with Crippen molar-refractivity contribution in [2.75, 3.05) is 0 Å². The summed E-state index contributed by atoms with van der Waals surface area (Å²) in [6, 6.07) is 3.31. The minimum absolute atomic E-state index is 0.0810. The van der Waals surface area contributed by atoms with Crippen molar-refractivity contribution >= 4 is 21.8 Å². The normalized spacial score (nSPS) is 12.2. The number of hydrogen-bond donors (Lipinski definition) is 1. The average Bonchev–Trinajstić information content (AvgIpc) is 2.76. The SMILES string of the molecule is CC[C@H](NC(=O)c1ccncc1)c1c(Br)cnn1C. The highest BCUT2D eigenvalue weighted by Crippen LogP contribution is 2.25. The molecule has 0 radical (unpaired) electrons. The monoisotopic (exact) mass is 322 g/mol. The van der Waals surface area contributed by atoms with E-state index < -0.39 is 0 Å². The van der Waals surface area contributed by atoms with Crippen LogP contribution in [-0.2, 0) is 7.05 Å². The molecular weight excluding hydrogens is 308 g/mol. The van der Waals surface area contributed by atoms with Crippen LogP contribution in [0.15, 0.2) is 35.2 Å². The summed E-state index contributed by atoms with van der Waals surface area (Å²) >= 11 is 3.46. The molecule has 0 unspecified atom stereocenters. The van der Waals surface area contributed by atoms with Crippen molar-refractivity contribution in [3.05, 3.63) is 46.5 Å². The Bertz CT molecular complexity index is 548. The van der Waals surface area contributed by atoms with Gasteiger partial charge in [-0.2, -0.15) is 5.10 Å². The number of halogens is 1. The number of carbonyl (C=O) groups is 1. The van der Waals surface area contributed by atoms with Crippen molar-refractivity contribution < 1.29 is 4.79 Å². The van der Waals surface area contributed by atoms with Crippen LogP contribution < -0.4 is 5.32 Å². The molecule has 0 spiro atoms. The van der Waals surface area contributed by atoms with Crippen molar-refractivity contribution in [1.29, 1.82) is 0 Å². The first-order valence-electron chi connectivity index (χ1n) is 6.01. The molecule has 1 atom stereocenters. The third kappa shape index (κ3) is 3.01. The molecule has 0 aliphatic heterocycles. The van der Waals surface area contributed by atoms with E-state index >= 15 is 0 Å². The fraction of sp³-hybridized carbons (Fsp3) is 0.308. The second kappa shape index (κ2) is 5.97. The fourth-order valence-corrected chi connectivity index (χ4v) is 2.55. The molecule has 2 aromatic heterocycles. The first kappa shape index (κ1) is 13.7. The highest BCUT2D eigenvalue weighted by atomic mass is 79.9. The van der Waals surface area contributed by atoms with E-state index in [0.29, 0.717) is 5.56 Å². The second-order valence-electron chi connectivity index (χ2n) is 4.17. The number of amides is 1. The van der Waals surface area contributed by atoms with Crippen molar-refractivity contribution in [2.24, 2.45) is 7.05 Å². The predicted molar refractivity (Wildman–Crippen MR) is 75.6 cm³/mol. The molecule has 0 aromatic carbocycles. The molecule has 100 valence electrons. The van der Waals surface area contributed by atoms with Gasteiger partial charge < -0.3 is 5.32 Å². The van der Waals surface area contributed by atoms with Gasteiger partial charge in [0, 0.05) is 25.0 Å². The molecule has 6 heteroatoms. The molecule has 0 aliphatic carbocycles. The summed E-state index contributed by atoms with van der Waals surface area (Å²) in [7, 11) is 1.86. The lowest BCUT2D eigenvalue weighted by Crippen LogP contribution is -2.29. The summed E-state index contributed by atoms with van der Waals surface area (Å²) in [5.41, 5.74) is 1.57. The second-order valence-corrected chi connectivity index (χ2v) is 5.03. The summed E-state index contributed by atoms with van der Waals surface area (Å²) in [6.45, 7) is 2.02. The predicted octanol–water partition coefficient (Wildman–Crippen LogP) is 2.46. The van der Waals surface area contributed by atoms with Crippen LogP contribution in [-0.4, -0.2) is 20.7 Å². The van der Waals surface area contributed by atoms with Gasteiger partial charge >= 0.3 is 0 Å². The van der Waals surface area contributed by atoms with Gasteiger partial charge in [-0.25, -0.2) is 0 Å². The maximum absolute atomic E-state index is 12.1. The Morgan fingerprint density at radius 1 is 1.47 bits per heavy atom. The zero-order valence-corrected chi connectivity index (χ0v) is 12.4. The Morgan fingerprint density at radius 3 is 2.68 bits per heavy atom. The van der Waals surface area contributed by atoms with Gasteiger partial charge in [0.25, 0.3) is 5.91 Å². The van der Waals surface area contributed by atoms with Gasteiger partial charge in [0.1, 0.15) is 0 Å². The molecule has 5 nitrogen and oxygen atoms in total. The topological polar surface area (TPSA) is 59.8 Å². The fourth-order valence-electron chi connectivity index (χ4n) is 1.92. The summed E-state index contributed by atoms with van der Waals surface area (Å²) in [5.74, 6) is -0.109. The minimum Gasteiger partial charge on any atom is -0.344 e. The zero-order valence-electron chi connectivity index (χ0n) is 10.8. The molecule has 2 heterocycles. The van der Waals surface area contributed by atoms with E-state index in [4.69, 9.17) is 0 Å². The van der Waals surface area contributed by atoms with Crippen LogP contribution in [0.3, 0.4) is 0 Å². The smallest absolute Gasteiger partial charge is 0.251 e. The Balaban J connectivity index is 2.19. The van der Waals surface area contributed by atoms with Crippen molar-refractivity contribution in [2.45, 2.75) is 19.4 Å². The first-order chi connectivity index (χ1) is 9.13. The van der Waals surface area contributed by atoms with E-state index in [1.807, 2.05) is 14.0 Å². The quantitative estimate of drug-likeness (QED) is 0.940. The number of hydrogen-bond acceptors (Lipinski definition) is 3. The van der Waals surface area contributed by atoms with Gasteiger partial charge in [0.15, 0.2) is 0 Å². The summed E-state index contributed by atoms with van der Waals surface area (Å²) in [5, 5.41) is 7.18. The van der Waals surface area contributed by atoms with E-state index in [1.165, 1.54) is 0 Å². The van der Waals surface area contributed by atoms with Gasteiger partial charge in [-0.1, -0.05) is 6.92 Å². The standard InChI is InChI=1S/C13H15BrN4O/c1-3-11(12-10(14)8-16-18(12)2)17-13(19)9-4-6-15-7-5-9/h4-8,11H,3H2,1-2H3,(H,17,19)/t11-/m0/s1. The lowest BCUT2D eigenvalue weighted by Gasteiger charge is -2.18. The van der Waals surface area contributed by atoms with E-state index in [1.54, 1.807) is 35.4 Å². The third-order valence-electron chi connectivity index (χ3n) is 2.92. The maximum Gasteiger partial charge on any atom is 0.251 e. The molecule has 0 saturated carbocycles. The average molecular weight is 323 g/mol. The maximum atomic E-state index is 12.1. The van der Waals surface area contributed by atoms with Crippen molar-refractivity contribution in [1.82, 2.24) is 20.1 Å². The van der Waals surface area contributed by atoms with Crippen LogP contribution >= 0.6 is 15.9 Å². The van der Waals surface area contributed by atoms with E-state index in [-0.39, 0.29) is 11.9 Å². The number of aryl methyl sites for hydroxylation is 1. The zero-order chi connectivity index (χ0) is 13.8. The van der Waals surface area contributed by atoms with E-state index in [9.17, 15) is 4.79 Å². The largest absolute Gasteiger partial charge is 0.344 e. The number of nitrogens with zero attached hydrogens (tertiary/aromatic N) is 3. The summed E-state index contributed by atoms with van der Waals surface area (Å²) in [6.07, 6.45) is 5.73. The van der Waals surface area contributed by atoms with Crippen LogP contribution in [0.4, 0.5) is 0 Å². The molecule has 0 aliphatic rings. The molecule has 2 aromatic rings. The van der Waals surface area contributed by atoms with Gasteiger partial charge in [-0.3, -0.25) is 14.5 Å². The summed E-state index contributed by atoms with van der Waals surface area (Å²) < 4.78 is 2.67. The Kier molecular flexibility index (Phi) is 4.31. The van der Waals surface area contributed by atoms with Gasteiger partial charge in [0.05, 0.1) is 22.4 Å².